The lowest BCUT2D eigenvalue weighted by Crippen LogP contribution is -2.10. The van der Waals surface area contributed by atoms with Crippen LogP contribution in [-0.4, -0.2) is 24.4 Å². The molecule has 0 saturated heterocycles. The Balaban J connectivity index is 3.07. The highest BCUT2D eigenvalue weighted by Crippen LogP contribution is 2.04. The summed E-state index contributed by atoms with van der Waals surface area (Å²) in [5.74, 6) is 0.611. The third-order valence-electron chi connectivity index (χ3n) is 0.839. The van der Waals surface area contributed by atoms with Crippen LogP contribution in [0.25, 0.3) is 0 Å². The molecule has 0 aromatic carbocycles. The van der Waals surface area contributed by atoms with Gasteiger partial charge in [-0.05, 0) is 0 Å². The molecule has 0 aliphatic rings. The van der Waals surface area contributed by atoms with Crippen LogP contribution < -0.4 is 0 Å². The van der Waals surface area contributed by atoms with E-state index in [1.807, 2.05) is 0 Å². The highest BCUT2D eigenvalue weighted by Gasteiger charge is 2.01. The number of alkyl halides is 2. The first-order valence-corrected chi connectivity index (χ1v) is 4.70. The summed E-state index contributed by atoms with van der Waals surface area (Å²) in [6, 6.07) is 0. The van der Waals surface area contributed by atoms with E-state index < -0.39 is 0 Å². The molecule has 0 spiro atoms. The van der Waals surface area contributed by atoms with Gasteiger partial charge >= 0.3 is 0 Å². The van der Waals surface area contributed by atoms with Crippen LogP contribution >= 0.6 is 31.9 Å². The molecule has 0 aliphatic carbocycles. The van der Waals surface area contributed by atoms with Gasteiger partial charge in [-0.1, -0.05) is 31.9 Å². The normalized spacial score (nSPS) is 10.5. The van der Waals surface area contributed by atoms with Crippen molar-refractivity contribution in [1.29, 1.82) is 0 Å². The molecule has 0 radical (unpaired) electrons. The molecule has 0 saturated carbocycles. The van der Waals surface area contributed by atoms with Crippen molar-refractivity contribution in [3.05, 3.63) is 0 Å². The van der Waals surface area contributed by atoms with Gasteiger partial charge in [0.25, 0.3) is 0 Å². The summed E-state index contributed by atoms with van der Waals surface area (Å²) >= 11 is 6.73. The molecular formula is C5H10Br2O. The van der Waals surface area contributed by atoms with Gasteiger partial charge in [-0.2, -0.15) is 0 Å². The van der Waals surface area contributed by atoms with Crippen molar-refractivity contribution in [2.24, 2.45) is 5.92 Å². The van der Waals surface area contributed by atoms with Crippen LogP contribution in [-0.2, 0) is 4.74 Å². The van der Waals surface area contributed by atoms with E-state index in [9.17, 15) is 0 Å². The smallest absolute Gasteiger partial charge is 0.0506 e. The molecule has 8 heavy (non-hydrogen) atoms. The predicted octanol–water partition coefficient (Wildman–Crippen LogP) is 2.04. The monoisotopic (exact) mass is 244 g/mol. The largest absolute Gasteiger partial charge is 0.384 e. The first-order valence-electron chi connectivity index (χ1n) is 2.46. The van der Waals surface area contributed by atoms with E-state index in [-0.39, 0.29) is 0 Å². The van der Waals surface area contributed by atoms with Gasteiger partial charge in [0.2, 0.25) is 0 Å². The summed E-state index contributed by atoms with van der Waals surface area (Å²) in [4.78, 5) is 0. The standard InChI is InChI=1S/C5H10Br2O/c1-8-4-5(2-6)3-7/h5H,2-4H2,1H3. The maximum absolute atomic E-state index is 4.93. The molecule has 0 rings (SSSR count). The van der Waals surface area contributed by atoms with Crippen molar-refractivity contribution < 1.29 is 4.74 Å². The molecule has 0 aromatic heterocycles. The van der Waals surface area contributed by atoms with Crippen LogP contribution in [0, 0.1) is 5.92 Å². The Hall–Kier alpha value is 0.920. The molecule has 0 atom stereocenters. The van der Waals surface area contributed by atoms with Gasteiger partial charge in [-0.15, -0.1) is 0 Å². The molecule has 0 N–H and O–H groups in total. The Morgan fingerprint density at radius 2 is 1.88 bits per heavy atom. The van der Waals surface area contributed by atoms with Crippen LogP contribution in [0.15, 0.2) is 0 Å². The van der Waals surface area contributed by atoms with E-state index in [1.54, 1.807) is 7.11 Å². The minimum absolute atomic E-state index is 0.611. The average Bonchev–Trinajstić information content (AvgIpc) is 1.83. The third-order valence-corrected chi connectivity index (χ3v) is 2.67. The van der Waals surface area contributed by atoms with E-state index in [0.29, 0.717) is 5.92 Å². The molecular weight excluding hydrogens is 236 g/mol. The molecule has 1 nitrogen and oxygen atoms in total. The molecule has 0 fully saturated rings. The molecule has 0 bridgehead atoms. The minimum Gasteiger partial charge on any atom is -0.384 e. The van der Waals surface area contributed by atoms with Crippen molar-refractivity contribution >= 4 is 31.9 Å². The Morgan fingerprint density at radius 3 is 2.00 bits per heavy atom. The van der Waals surface area contributed by atoms with Crippen LogP contribution in [0.2, 0.25) is 0 Å². The molecule has 0 heterocycles. The summed E-state index contributed by atoms with van der Waals surface area (Å²) in [7, 11) is 1.72. The second-order valence-electron chi connectivity index (χ2n) is 1.63. The molecule has 0 aromatic rings. The second kappa shape index (κ2) is 6.05. The fourth-order valence-corrected chi connectivity index (χ4v) is 1.81. The van der Waals surface area contributed by atoms with Gasteiger partial charge in [0, 0.05) is 23.7 Å². The average molecular weight is 246 g/mol. The fraction of sp³-hybridized carbons (Fsp3) is 1.00. The highest BCUT2D eigenvalue weighted by molar-refractivity contribution is 9.09. The predicted molar refractivity (Wildman–Crippen MR) is 43.0 cm³/mol. The number of hydrogen-bond acceptors (Lipinski definition) is 1. The molecule has 50 valence electrons. The van der Waals surface area contributed by atoms with Crippen LogP contribution in [0.3, 0.4) is 0 Å². The van der Waals surface area contributed by atoms with Crippen LogP contribution in [0.4, 0.5) is 0 Å². The summed E-state index contributed by atoms with van der Waals surface area (Å²) in [5, 5.41) is 2.01. The maximum Gasteiger partial charge on any atom is 0.0506 e. The van der Waals surface area contributed by atoms with E-state index in [4.69, 9.17) is 4.74 Å². The second-order valence-corrected chi connectivity index (χ2v) is 2.92. The lowest BCUT2D eigenvalue weighted by molar-refractivity contribution is 0.171. The number of methoxy groups -OCH3 is 1. The highest BCUT2D eigenvalue weighted by atomic mass is 79.9. The number of rotatable bonds is 4. The lowest BCUT2D eigenvalue weighted by Gasteiger charge is -2.06. The Kier molecular flexibility index (Phi) is 6.74. The van der Waals surface area contributed by atoms with E-state index in [1.165, 1.54) is 0 Å². The quantitative estimate of drug-likeness (QED) is 0.689. The zero-order chi connectivity index (χ0) is 6.41. The Bertz CT molecular complexity index is 45.7. The van der Waals surface area contributed by atoms with Crippen molar-refractivity contribution in [1.82, 2.24) is 0 Å². The minimum atomic E-state index is 0.611. The van der Waals surface area contributed by atoms with Gasteiger partial charge in [-0.25, -0.2) is 0 Å². The topological polar surface area (TPSA) is 9.23 Å². The SMILES string of the molecule is COCC(CBr)CBr. The number of halogens is 2. The summed E-state index contributed by atoms with van der Waals surface area (Å²) < 4.78 is 4.93. The first kappa shape index (κ1) is 8.92. The van der Waals surface area contributed by atoms with Gasteiger partial charge in [0.15, 0.2) is 0 Å². The van der Waals surface area contributed by atoms with E-state index in [2.05, 4.69) is 31.9 Å². The summed E-state index contributed by atoms with van der Waals surface area (Å²) in [5.41, 5.74) is 0. The third kappa shape index (κ3) is 3.87. The van der Waals surface area contributed by atoms with Gasteiger partial charge in [-0.3, -0.25) is 0 Å². The number of ether oxygens (including phenoxy) is 1. The maximum atomic E-state index is 4.93. The van der Waals surface area contributed by atoms with Crippen molar-refractivity contribution in [3.63, 3.8) is 0 Å². The van der Waals surface area contributed by atoms with E-state index in [0.717, 1.165) is 17.3 Å². The lowest BCUT2D eigenvalue weighted by atomic mass is 10.2. The van der Waals surface area contributed by atoms with Gasteiger partial charge in [0.05, 0.1) is 6.61 Å². The Labute approximate surface area is 67.0 Å². The zero-order valence-corrected chi connectivity index (χ0v) is 8.03. The number of hydrogen-bond donors (Lipinski definition) is 0. The van der Waals surface area contributed by atoms with Gasteiger partial charge in [0.1, 0.15) is 0 Å². The van der Waals surface area contributed by atoms with Crippen molar-refractivity contribution in [2.75, 3.05) is 24.4 Å². The summed E-state index contributed by atoms with van der Waals surface area (Å²) in [6.07, 6.45) is 0. The fourth-order valence-electron chi connectivity index (χ4n) is 0.366. The molecule has 0 amide bonds. The zero-order valence-electron chi connectivity index (χ0n) is 4.86. The molecule has 0 unspecified atom stereocenters. The molecule has 3 heteroatoms. The summed E-state index contributed by atoms with van der Waals surface area (Å²) in [6.45, 7) is 0.830. The van der Waals surface area contributed by atoms with E-state index >= 15 is 0 Å². The van der Waals surface area contributed by atoms with Crippen molar-refractivity contribution in [2.45, 2.75) is 0 Å². The Morgan fingerprint density at radius 1 is 1.38 bits per heavy atom. The molecule has 0 aliphatic heterocycles. The van der Waals surface area contributed by atoms with Crippen LogP contribution in [0.1, 0.15) is 0 Å². The van der Waals surface area contributed by atoms with Gasteiger partial charge < -0.3 is 4.74 Å². The van der Waals surface area contributed by atoms with Crippen molar-refractivity contribution in [3.8, 4) is 0 Å². The van der Waals surface area contributed by atoms with Crippen LogP contribution in [0.5, 0.6) is 0 Å². The first-order chi connectivity index (χ1) is 3.85.